The highest BCUT2D eigenvalue weighted by Gasteiger charge is 2.28. The second-order valence-electron chi connectivity index (χ2n) is 6.30. The second-order valence-corrected chi connectivity index (χ2v) is 6.64. The van der Waals surface area contributed by atoms with E-state index in [2.05, 4.69) is 29.6 Å². The van der Waals surface area contributed by atoms with Gasteiger partial charge in [-0.05, 0) is 58.1 Å². The molecule has 0 fully saturated rings. The molecular weight excluding hydrogens is 362 g/mol. The molecule has 4 nitrogen and oxygen atoms in total. The van der Waals surface area contributed by atoms with Gasteiger partial charge in [-0.15, -0.1) is 0 Å². The van der Waals surface area contributed by atoms with Crippen LogP contribution < -0.4 is 5.32 Å². The molecule has 0 unspecified atom stereocenters. The fourth-order valence-corrected chi connectivity index (χ4v) is 3.56. The molecule has 0 radical (unpaired) electrons. The Morgan fingerprint density at radius 1 is 0.852 bits per heavy atom. The van der Waals surface area contributed by atoms with Crippen LogP contribution >= 0.6 is 11.6 Å². The van der Waals surface area contributed by atoms with Crippen LogP contribution in [-0.4, -0.2) is 17.9 Å². The molecule has 3 aromatic carbocycles. The van der Waals surface area contributed by atoms with Gasteiger partial charge in [0.25, 0.3) is 5.24 Å². The molecule has 1 N–H and O–H groups in total. The van der Waals surface area contributed by atoms with Crippen molar-refractivity contribution < 1.29 is 14.3 Å². The third-order valence-corrected chi connectivity index (χ3v) is 4.92. The van der Waals surface area contributed by atoms with Crippen LogP contribution in [0.5, 0.6) is 0 Å². The Balaban J connectivity index is 1.45. The molecule has 4 rings (SSSR count). The monoisotopic (exact) mass is 377 g/mol. The molecule has 0 atom stereocenters. The Kier molecular flexibility index (Phi) is 4.65. The number of hydrogen-bond acceptors (Lipinski definition) is 3. The number of anilines is 1. The molecule has 3 aromatic rings. The summed E-state index contributed by atoms with van der Waals surface area (Å²) in [6, 6.07) is 22.7. The predicted molar refractivity (Wildman–Crippen MR) is 105 cm³/mol. The maximum absolute atomic E-state index is 12.2. The van der Waals surface area contributed by atoms with E-state index in [1.54, 1.807) is 24.3 Å². The van der Waals surface area contributed by atoms with Gasteiger partial charge in [0, 0.05) is 17.2 Å². The van der Waals surface area contributed by atoms with E-state index in [4.69, 9.17) is 16.3 Å². The van der Waals surface area contributed by atoms with Crippen LogP contribution in [0.15, 0.2) is 72.8 Å². The second kappa shape index (κ2) is 7.25. The van der Waals surface area contributed by atoms with Gasteiger partial charge < -0.3 is 4.74 Å². The van der Waals surface area contributed by atoms with Gasteiger partial charge in [0.1, 0.15) is 6.61 Å². The molecule has 0 saturated carbocycles. The number of halogens is 1. The first-order chi connectivity index (χ1) is 13.1. The quantitative estimate of drug-likeness (QED) is 0.617. The van der Waals surface area contributed by atoms with E-state index in [-0.39, 0.29) is 12.5 Å². The van der Waals surface area contributed by atoms with Crippen LogP contribution in [0.1, 0.15) is 27.4 Å². The fourth-order valence-electron chi connectivity index (χ4n) is 3.44. The van der Waals surface area contributed by atoms with Crippen LogP contribution in [0.2, 0.25) is 0 Å². The van der Waals surface area contributed by atoms with Crippen LogP contribution in [0, 0.1) is 0 Å². The fraction of sp³-hybridized carbons (Fsp3) is 0.0909. The number of hydrogen-bond donors (Lipinski definition) is 1. The molecule has 0 aromatic heterocycles. The summed E-state index contributed by atoms with van der Waals surface area (Å²) in [5.74, 6) is 0.0133. The topological polar surface area (TPSA) is 55.4 Å². The van der Waals surface area contributed by atoms with Gasteiger partial charge in [0.2, 0.25) is 0 Å². The van der Waals surface area contributed by atoms with Crippen molar-refractivity contribution in [2.75, 3.05) is 11.9 Å². The Morgan fingerprint density at radius 3 is 1.96 bits per heavy atom. The van der Waals surface area contributed by atoms with Gasteiger partial charge in [-0.1, -0.05) is 48.5 Å². The van der Waals surface area contributed by atoms with Crippen LogP contribution in [-0.2, 0) is 4.74 Å². The lowest BCUT2D eigenvalue weighted by molar-refractivity contribution is 0.108. The number of carbonyl (C=O) groups excluding carboxylic acids is 2. The summed E-state index contributed by atoms with van der Waals surface area (Å²) >= 11 is 5.42. The lowest BCUT2D eigenvalue weighted by Crippen LogP contribution is -2.17. The Morgan fingerprint density at radius 2 is 1.41 bits per heavy atom. The minimum Gasteiger partial charge on any atom is -0.448 e. The predicted octanol–water partition coefficient (Wildman–Crippen LogP) is 5.43. The van der Waals surface area contributed by atoms with E-state index >= 15 is 0 Å². The maximum Gasteiger partial charge on any atom is 0.411 e. The van der Waals surface area contributed by atoms with E-state index in [1.807, 2.05) is 24.3 Å². The molecule has 0 saturated heterocycles. The number of ether oxygens (including phenoxy) is 1. The summed E-state index contributed by atoms with van der Waals surface area (Å²) in [5.41, 5.74) is 5.60. The van der Waals surface area contributed by atoms with Gasteiger partial charge in [-0.3, -0.25) is 10.1 Å². The summed E-state index contributed by atoms with van der Waals surface area (Å²) in [6.45, 7) is 0.248. The number of carbonyl (C=O) groups is 2. The standard InChI is InChI=1S/C22H16ClNO3/c23-21(25)14-9-11-15(12-10-14)24-22(26)27-13-20-18-7-3-1-5-16(18)17-6-2-4-8-19(17)20/h1-12,20H,13H2,(H,24,26). The van der Waals surface area contributed by atoms with Crippen LogP contribution in [0.4, 0.5) is 10.5 Å². The Bertz CT molecular complexity index is 969. The summed E-state index contributed by atoms with van der Waals surface area (Å²) in [4.78, 5) is 23.3. The Labute approximate surface area is 161 Å². The average Bonchev–Trinajstić information content (AvgIpc) is 3.01. The van der Waals surface area contributed by atoms with Crippen molar-refractivity contribution in [3.05, 3.63) is 89.5 Å². The van der Waals surface area contributed by atoms with Crippen molar-refractivity contribution >= 4 is 28.6 Å². The zero-order chi connectivity index (χ0) is 18.8. The van der Waals surface area contributed by atoms with Crippen LogP contribution in [0.3, 0.4) is 0 Å². The number of fused-ring (bicyclic) bond motifs is 3. The molecule has 0 spiro atoms. The number of rotatable bonds is 4. The smallest absolute Gasteiger partial charge is 0.411 e. The Hall–Kier alpha value is -3.11. The summed E-state index contributed by atoms with van der Waals surface area (Å²) in [6.07, 6.45) is -0.540. The first-order valence-corrected chi connectivity index (χ1v) is 8.93. The molecule has 1 amide bonds. The van der Waals surface area contributed by atoms with Crippen LogP contribution in [0.25, 0.3) is 11.1 Å². The molecule has 0 bridgehead atoms. The van der Waals surface area contributed by atoms with Crippen molar-refractivity contribution in [2.45, 2.75) is 5.92 Å². The van der Waals surface area contributed by atoms with Crippen molar-refractivity contribution in [1.82, 2.24) is 0 Å². The SMILES string of the molecule is O=C(Nc1ccc(C(=O)Cl)cc1)OCC1c2ccccc2-c2ccccc21. The van der Waals surface area contributed by atoms with Crippen molar-refractivity contribution in [3.8, 4) is 11.1 Å². The largest absolute Gasteiger partial charge is 0.448 e. The van der Waals surface area contributed by atoms with Gasteiger partial charge >= 0.3 is 6.09 Å². The van der Waals surface area contributed by atoms with E-state index in [1.165, 1.54) is 11.1 Å². The van der Waals surface area contributed by atoms with Crippen molar-refractivity contribution in [1.29, 1.82) is 0 Å². The average molecular weight is 378 g/mol. The summed E-state index contributed by atoms with van der Waals surface area (Å²) in [5, 5.41) is 2.13. The van der Waals surface area contributed by atoms with Crippen molar-refractivity contribution in [2.24, 2.45) is 0 Å². The number of amides is 1. The number of benzene rings is 3. The molecule has 27 heavy (non-hydrogen) atoms. The zero-order valence-corrected chi connectivity index (χ0v) is 15.1. The lowest BCUT2D eigenvalue weighted by atomic mass is 9.98. The first kappa shape index (κ1) is 17.3. The highest BCUT2D eigenvalue weighted by Crippen LogP contribution is 2.44. The third kappa shape index (κ3) is 3.44. The maximum atomic E-state index is 12.2. The van der Waals surface area contributed by atoms with Gasteiger partial charge in [-0.25, -0.2) is 4.79 Å². The summed E-state index contributed by atoms with van der Waals surface area (Å²) in [7, 11) is 0. The third-order valence-electron chi connectivity index (χ3n) is 4.70. The van der Waals surface area contributed by atoms with Gasteiger partial charge in [-0.2, -0.15) is 0 Å². The van der Waals surface area contributed by atoms with Gasteiger partial charge in [0.15, 0.2) is 0 Å². The minimum absolute atomic E-state index is 0.0133. The molecule has 1 aliphatic carbocycles. The minimum atomic E-state index is -0.540. The van der Waals surface area contributed by atoms with E-state index < -0.39 is 11.3 Å². The highest BCUT2D eigenvalue weighted by atomic mass is 35.5. The number of nitrogens with one attached hydrogen (secondary N) is 1. The first-order valence-electron chi connectivity index (χ1n) is 8.55. The van der Waals surface area contributed by atoms with E-state index in [0.717, 1.165) is 11.1 Å². The summed E-state index contributed by atoms with van der Waals surface area (Å²) < 4.78 is 5.48. The van der Waals surface area contributed by atoms with Gasteiger partial charge in [0.05, 0.1) is 0 Å². The normalized spacial score (nSPS) is 12.2. The molecule has 0 heterocycles. The van der Waals surface area contributed by atoms with E-state index in [9.17, 15) is 9.59 Å². The molecule has 1 aliphatic rings. The lowest BCUT2D eigenvalue weighted by Gasteiger charge is -2.14. The van der Waals surface area contributed by atoms with E-state index in [0.29, 0.717) is 11.3 Å². The molecule has 0 aliphatic heterocycles. The molecule has 5 heteroatoms. The highest BCUT2D eigenvalue weighted by molar-refractivity contribution is 6.67. The van der Waals surface area contributed by atoms with Crippen molar-refractivity contribution in [3.63, 3.8) is 0 Å². The molecular formula is C22H16ClNO3. The zero-order valence-electron chi connectivity index (χ0n) is 14.3. The molecule has 134 valence electrons.